The van der Waals surface area contributed by atoms with E-state index in [4.69, 9.17) is 20.2 Å². The molecule has 0 bridgehead atoms. The number of halogens is 2. The average molecular weight is 323 g/mol. The molecular weight excluding hydrogens is 307 g/mol. The summed E-state index contributed by atoms with van der Waals surface area (Å²) in [6, 6.07) is 3.22. The number of rotatable bonds is 4. The molecule has 7 heteroatoms. The fourth-order valence-corrected chi connectivity index (χ4v) is 3.15. The van der Waals surface area contributed by atoms with E-state index in [1.54, 1.807) is 0 Å². The van der Waals surface area contributed by atoms with Gasteiger partial charge < -0.3 is 9.47 Å². The SMILES string of the molecule is CC1(C)CCC(COc2ccc(F)cc2S(=O)(=O)Cl)O1. The first-order valence-corrected chi connectivity index (χ1v) is 8.53. The predicted octanol–water partition coefficient (Wildman–Crippen LogP) is 3.09. The van der Waals surface area contributed by atoms with Gasteiger partial charge in [-0.1, -0.05) is 0 Å². The summed E-state index contributed by atoms with van der Waals surface area (Å²) in [5.41, 5.74) is -0.196. The van der Waals surface area contributed by atoms with E-state index >= 15 is 0 Å². The summed E-state index contributed by atoms with van der Waals surface area (Å²) in [4.78, 5) is -0.364. The zero-order valence-electron chi connectivity index (χ0n) is 11.2. The molecule has 0 amide bonds. The summed E-state index contributed by atoms with van der Waals surface area (Å²) in [7, 11) is 1.21. The molecule has 1 aliphatic rings. The van der Waals surface area contributed by atoms with Crippen molar-refractivity contribution < 1.29 is 22.3 Å². The van der Waals surface area contributed by atoms with Gasteiger partial charge in [-0.25, -0.2) is 12.8 Å². The monoisotopic (exact) mass is 322 g/mol. The topological polar surface area (TPSA) is 52.6 Å². The zero-order chi connectivity index (χ0) is 15.0. The summed E-state index contributed by atoms with van der Waals surface area (Å²) in [6.07, 6.45) is 1.63. The van der Waals surface area contributed by atoms with Crippen molar-refractivity contribution in [2.75, 3.05) is 6.61 Å². The minimum atomic E-state index is -4.06. The molecular formula is C13H16ClFO4S. The van der Waals surface area contributed by atoms with E-state index in [9.17, 15) is 12.8 Å². The highest BCUT2D eigenvalue weighted by molar-refractivity contribution is 8.13. The fourth-order valence-electron chi connectivity index (χ4n) is 2.17. The zero-order valence-corrected chi connectivity index (χ0v) is 12.8. The van der Waals surface area contributed by atoms with Crippen LogP contribution >= 0.6 is 10.7 Å². The van der Waals surface area contributed by atoms with E-state index < -0.39 is 14.9 Å². The van der Waals surface area contributed by atoms with Crippen LogP contribution in [0.2, 0.25) is 0 Å². The van der Waals surface area contributed by atoms with Gasteiger partial charge in [0.1, 0.15) is 23.1 Å². The van der Waals surface area contributed by atoms with Crippen molar-refractivity contribution in [1.82, 2.24) is 0 Å². The molecule has 1 saturated heterocycles. The number of hydrogen-bond donors (Lipinski definition) is 0. The van der Waals surface area contributed by atoms with Crippen LogP contribution in [0, 0.1) is 5.82 Å². The highest BCUT2D eigenvalue weighted by Gasteiger charge is 2.32. The quantitative estimate of drug-likeness (QED) is 0.799. The van der Waals surface area contributed by atoms with Crippen molar-refractivity contribution in [3.8, 4) is 5.75 Å². The summed E-state index contributed by atoms with van der Waals surface area (Å²) < 4.78 is 47.1. The Kier molecular flexibility index (Phi) is 4.27. The van der Waals surface area contributed by atoms with Gasteiger partial charge in [-0.15, -0.1) is 0 Å². The lowest BCUT2D eigenvalue weighted by atomic mass is 10.1. The van der Waals surface area contributed by atoms with Gasteiger partial charge in [-0.2, -0.15) is 0 Å². The van der Waals surface area contributed by atoms with E-state index in [1.165, 1.54) is 6.07 Å². The maximum atomic E-state index is 13.1. The molecule has 1 aliphatic heterocycles. The van der Waals surface area contributed by atoms with Crippen LogP contribution in [-0.4, -0.2) is 26.7 Å². The van der Waals surface area contributed by atoms with E-state index in [0.29, 0.717) is 0 Å². The molecule has 1 aromatic rings. The second kappa shape index (κ2) is 5.50. The van der Waals surface area contributed by atoms with Gasteiger partial charge in [-0.3, -0.25) is 0 Å². The molecule has 2 rings (SSSR count). The summed E-state index contributed by atoms with van der Waals surface area (Å²) >= 11 is 0. The Morgan fingerprint density at radius 1 is 1.50 bits per heavy atom. The summed E-state index contributed by atoms with van der Waals surface area (Å²) in [5.74, 6) is -0.649. The van der Waals surface area contributed by atoms with Crippen LogP contribution in [0.5, 0.6) is 5.75 Å². The average Bonchev–Trinajstić information content (AvgIpc) is 2.66. The molecule has 112 valence electrons. The maximum Gasteiger partial charge on any atom is 0.265 e. The van der Waals surface area contributed by atoms with Crippen molar-refractivity contribution in [2.24, 2.45) is 0 Å². The third kappa shape index (κ3) is 3.84. The van der Waals surface area contributed by atoms with Crippen molar-refractivity contribution in [3.63, 3.8) is 0 Å². The maximum absolute atomic E-state index is 13.1. The van der Waals surface area contributed by atoms with Gasteiger partial charge >= 0.3 is 0 Å². The van der Waals surface area contributed by atoms with E-state index in [0.717, 1.165) is 25.0 Å². The van der Waals surface area contributed by atoms with Crippen LogP contribution in [-0.2, 0) is 13.8 Å². The molecule has 0 spiro atoms. The highest BCUT2D eigenvalue weighted by atomic mass is 35.7. The Hall–Kier alpha value is -0.850. The molecule has 0 N–H and O–H groups in total. The Bertz CT molecular complexity index is 600. The summed E-state index contributed by atoms with van der Waals surface area (Å²) in [6.45, 7) is 4.17. The molecule has 1 fully saturated rings. The van der Waals surface area contributed by atoms with Gasteiger partial charge in [0.05, 0.1) is 11.7 Å². The predicted molar refractivity (Wildman–Crippen MR) is 73.1 cm³/mol. The van der Waals surface area contributed by atoms with E-state index in [-0.39, 0.29) is 29.0 Å². The van der Waals surface area contributed by atoms with Crippen LogP contribution in [0.1, 0.15) is 26.7 Å². The first kappa shape index (κ1) is 15.5. The van der Waals surface area contributed by atoms with E-state index in [2.05, 4.69) is 0 Å². The first-order chi connectivity index (χ1) is 9.17. The lowest BCUT2D eigenvalue weighted by molar-refractivity contribution is -0.0330. The van der Waals surface area contributed by atoms with Crippen LogP contribution in [0.4, 0.5) is 4.39 Å². The molecule has 20 heavy (non-hydrogen) atoms. The van der Waals surface area contributed by atoms with Crippen LogP contribution < -0.4 is 4.74 Å². The standard InChI is InChI=1S/C13H16ClFO4S/c1-13(2)6-5-10(19-13)8-18-11-4-3-9(15)7-12(11)20(14,16)17/h3-4,7,10H,5-6,8H2,1-2H3. The summed E-state index contributed by atoms with van der Waals surface area (Å²) in [5, 5.41) is 0. The Morgan fingerprint density at radius 2 is 2.20 bits per heavy atom. The molecule has 0 saturated carbocycles. The third-order valence-electron chi connectivity index (χ3n) is 3.15. The smallest absolute Gasteiger partial charge is 0.265 e. The molecule has 1 aromatic carbocycles. The number of ether oxygens (including phenoxy) is 2. The Morgan fingerprint density at radius 3 is 2.75 bits per heavy atom. The van der Waals surface area contributed by atoms with Crippen LogP contribution in [0.25, 0.3) is 0 Å². The first-order valence-electron chi connectivity index (χ1n) is 6.22. The number of hydrogen-bond acceptors (Lipinski definition) is 4. The minimum absolute atomic E-state index is 0.0368. The molecule has 0 aliphatic carbocycles. The van der Waals surface area contributed by atoms with Crippen LogP contribution in [0.15, 0.2) is 23.1 Å². The van der Waals surface area contributed by atoms with Gasteiger partial charge in [0, 0.05) is 10.7 Å². The van der Waals surface area contributed by atoms with Crippen molar-refractivity contribution in [3.05, 3.63) is 24.0 Å². The Balaban J connectivity index is 2.11. The van der Waals surface area contributed by atoms with Crippen molar-refractivity contribution in [2.45, 2.75) is 43.3 Å². The largest absolute Gasteiger partial charge is 0.489 e. The molecule has 0 radical (unpaired) electrons. The van der Waals surface area contributed by atoms with Crippen LogP contribution in [0.3, 0.4) is 0 Å². The fraction of sp³-hybridized carbons (Fsp3) is 0.538. The molecule has 1 heterocycles. The second-order valence-corrected chi connectivity index (χ2v) is 7.91. The highest BCUT2D eigenvalue weighted by Crippen LogP contribution is 2.31. The van der Waals surface area contributed by atoms with E-state index in [1.807, 2.05) is 13.8 Å². The minimum Gasteiger partial charge on any atom is -0.489 e. The molecule has 4 nitrogen and oxygen atoms in total. The number of benzene rings is 1. The third-order valence-corrected chi connectivity index (χ3v) is 4.49. The van der Waals surface area contributed by atoms with Crippen molar-refractivity contribution in [1.29, 1.82) is 0 Å². The lowest BCUT2D eigenvalue weighted by Crippen LogP contribution is -2.24. The Labute approximate surface area is 122 Å². The molecule has 0 aromatic heterocycles. The van der Waals surface area contributed by atoms with Gasteiger partial charge in [0.2, 0.25) is 0 Å². The lowest BCUT2D eigenvalue weighted by Gasteiger charge is -2.19. The molecule has 1 unspecified atom stereocenters. The van der Waals surface area contributed by atoms with Crippen molar-refractivity contribution >= 4 is 19.7 Å². The van der Waals surface area contributed by atoms with Gasteiger partial charge in [0.15, 0.2) is 0 Å². The second-order valence-electron chi connectivity index (χ2n) is 5.38. The molecule has 1 atom stereocenters. The van der Waals surface area contributed by atoms with Gasteiger partial charge in [0.25, 0.3) is 9.05 Å². The van der Waals surface area contributed by atoms with Gasteiger partial charge in [-0.05, 0) is 44.9 Å². The normalized spacial score (nSPS) is 21.9.